The van der Waals surface area contributed by atoms with Gasteiger partial charge in [-0.05, 0) is 42.8 Å². The van der Waals surface area contributed by atoms with E-state index in [2.05, 4.69) is 27.3 Å². The first kappa shape index (κ1) is 18.7. The fraction of sp³-hybridized carbons (Fsp3) is 0.333. The van der Waals surface area contributed by atoms with Crippen molar-refractivity contribution in [2.75, 3.05) is 43.1 Å². The summed E-state index contributed by atoms with van der Waals surface area (Å²) in [7, 11) is 0. The maximum absolute atomic E-state index is 12.6. The Morgan fingerprint density at radius 3 is 2.93 bits per heavy atom. The summed E-state index contributed by atoms with van der Waals surface area (Å²) in [5, 5.41) is 3.51. The first-order chi connectivity index (χ1) is 13.7. The summed E-state index contributed by atoms with van der Waals surface area (Å²) in [6.45, 7) is 5.98. The number of amides is 1. The molecule has 0 unspecified atom stereocenters. The molecular formula is C21H23N3O3S. The Labute approximate surface area is 168 Å². The zero-order chi connectivity index (χ0) is 19.3. The fourth-order valence-electron chi connectivity index (χ4n) is 3.10. The van der Waals surface area contributed by atoms with Gasteiger partial charge in [-0.15, -0.1) is 0 Å². The molecule has 3 aromatic rings. The molecule has 2 heterocycles. The van der Waals surface area contributed by atoms with Crippen molar-refractivity contribution in [1.82, 2.24) is 4.98 Å². The maximum atomic E-state index is 12.6. The molecule has 28 heavy (non-hydrogen) atoms. The van der Waals surface area contributed by atoms with Crippen molar-refractivity contribution in [2.45, 2.75) is 13.3 Å². The van der Waals surface area contributed by atoms with Gasteiger partial charge in [0.2, 0.25) is 0 Å². The van der Waals surface area contributed by atoms with Crippen molar-refractivity contribution < 1.29 is 14.3 Å². The van der Waals surface area contributed by atoms with Crippen LogP contribution in [0.1, 0.15) is 23.7 Å². The lowest BCUT2D eigenvalue weighted by atomic mass is 10.2. The third-order valence-corrected chi connectivity index (χ3v) is 5.47. The van der Waals surface area contributed by atoms with E-state index in [0.717, 1.165) is 48.6 Å². The summed E-state index contributed by atoms with van der Waals surface area (Å²) in [5.41, 5.74) is 2.61. The standard InChI is InChI=1S/C21H23N3O3S/c1-2-10-27-17-5-3-4-15(13-17)20(25)23-21-22-18-7-6-16(14-19(18)28-21)24-8-11-26-12-9-24/h3-7,13-14H,2,8-12H2,1H3,(H,22,23,25). The summed E-state index contributed by atoms with van der Waals surface area (Å²) in [4.78, 5) is 19.5. The molecule has 0 spiro atoms. The van der Waals surface area contributed by atoms with Crippen LogP contribution in [0, 0.1) is 0 Å². The summed E-state index contributed by atoms with van der Waals surface area (Å²) in [5.74, 6) is 0.517. The molecule has 0 aliphatic carbocycles. The van der Waals surface area contributed by atoms with Crippen LogP contribution in [0.15, 0.2) is 42.5 Å². The molecule has 0 atom stereocenters. The predicted octanol–water partition coefficient (Wildman–Crippen LogP) is 4.17. The van der Waals surface area contributed by atoms with Gasteiger partial charge in [-0.3, -0.25) is 10.1 Å². The van der Waals surface area contributed by atoms with Crippen LogP contribution < -0.4 is 15.0 Å². The van der Waals surface area contributed by atoms with Gasteiger partial charge in [-0.2, -0.15) is 0 Å². The number of benzene rings is 2. The first-order valence-corrected chi connectivity index (χ1v) is 10.3. The second kappa shape index (κ2) is 8.58. The average Bonchev–Trinajstić information content (AvgIpc) is 3.14. The van der Waals surface area contributed by atoms with E-state index in [1.807, 2.05) is 25.1 Å². The Morgan fingerprint density at radius 1 is 1.25 bits per heavy atom. The van der Waals surface area contributed by atoms with Crippen LogP contribution in [-0.4, -0.2) is 43.8 Å². The quantitative estimate of drug-likeness (QED) is 0.676. The monoisotopic (exact) mass is 397 g/mol. The van der Waals surface area contributed by atoms with Crippen molar-refractivity contribution in [1.29, 1.82) is 0 Å². The molecule has 6 nitrogen and oxygen atoms in total. The van der Waals surface area contributed by atoms with Crippen molar-refractivity contribution in [3.8, 4) is 5.75 Å². The number of carbonyl (C=O) groups is 1. The minimum absolute atomic E-state index is 0.186. The molecule has 146 valence electrons. The van der Waals surface area contributed by atoms with E-state index in [9.17, 15) is 4.79 Å². The van der Waals surface area contributed by atoms with E-state index in [0.29, 0.717) is 23.1 Å². The SMILES string of the molecule is CCCOc1cccc(C(=O)Nc2nc3ccc(N4CCOCC4)cc3s2)c1. The molecule has 1 aliphatic rings. The zero-order valence-electron chi connectivity index (χ0n) is 15.8. The average molecular weight is 398 g/mol. The summed E-state index contributed by atoms with van der Waals surface area (Å²) in [6.07, 6.45) is 0.925. The maximum Gasteiger partial charge on any atom is 0.257 e. The van der Waals surface area contributed by atoms with Gasteiger partial charge in [0.15, 0.2) is 5.13 Å². The van der Waals surface area contributed by atoms with Crippen LogP contribution in [0.5, 0.6) is 5.75 Å². The second-order valence-electron chi connectivity index (χ2n) is 6.60. The second-order valence-corrected chi connectivity index (χ2v) is 7.63. The predicted molar refractivity (Wildman–Crippen MR) is 113 cm³/mol. The number of rotatable bonds is 6. The van der Waals surface area contributed by atoms with Gasteiger partial charge in [0.1, 0.15) is 5.75 Å². The molecule has 1 aliphatic heterocycles. The highest BCUT2D eigenvalue weighted by Crippen LogP contribution is 2.30. The highest BCUT2D eigenvalue weighted by atomic mass is 32.1. The van der Waals surface area contributed by atoms with Crippen molar-refractivity contribution in [2.24, 2.45) is 0 Å². The number of thiazole rings is 1. The van der Waals surface area contributed by atoms with Crippen LogP contribution in [0.2, 0.25) is 0 Å². The lowest BCUT2D eigenvalue weighted by Crippen LogP contribution is -2.36. The van der Waals surface area contributed by atoms with E-state index in [4.69, 9.17) is 9.47 Å². The Hall–Kier alpha value is -2.64. The third-order valence-electron chi connectivity index (χ3n) is 4.54. The summed E-state index contributed by atoms with van der Waals surface area (Å²) < 4.78 is 12.1. The van der Waals surface area contributed by atoms with Crippen LogP contribution in [0.4, 0.5) is 10.8 Å². The molecule has 1 amide bonds. The summed E-state index contributed by atoms with van der Waals surface area (Å²) >= 11 is 1.48. The number of hydrogen-bond donors (Lipinski definition) is 1. The van der Waals surface area contributed by atoms with Crippen molar-refractivity contribution in [3.05, 3.63) is 48.0 Å². The molecule has 0 bridgehead atoms. The number of hydrogen-bond acceptors (Lipinski definition) is 6. The largest absolute Gasteiger partial charge is 0.494 e. The number of aromatic nitrogens is 1. The zero-order valence-corrected chi connectivity index (χ0v) is 16.6. The number of fused-ring (bicyclic) bond motifs is 1. The van der Waals surface area contributed by atoms with Gasteiger partial charge < -0.3 is 14.4 Å². The first-order valence-electron chi connectivity index (χ1n) is 9.50. The van der Waals surface area contributed by atoms with E-state index in [1.54, 1.807) is 12.1 Å². The van der Waals surface area contributed by atoms with Gasteiger partial charge in [0, 0.05) is 24.3 Å². The molecule has 2 aromatic carbocycles. The third kappa shape index (κ3) is 4.26. The number of nitrogens with one attached hydrogen (secondary N) is 1. The Morgan fingerprint density at radius 2 is 2.11 bits per heavy atom. The van der Waals surface area contributed by atoms with Gasteiger partial charge in [0.25, 0.3) is 5.91 Å². The number of morpholine rings is 1. The van der Waals surface area contributed by atoms with Gasteiger partial charge in [-0.25, -0.2) is 4.98 Å². The van der Waals surface area contributed by atoms with E-state index in [1.165, 1.54) is 11.3 Å². The van der Waals surface area contributed by atoms with E-state index < -0.39 is 0 Å². The van der Waals surface area contributed by atoms with Crippen LogP contribution >= 0.6 is 11.3 Å². The lowest BCUT2D eigenvalue weighted by Gasteiger charge is -2.28. The molecule has 7 heteroatoms. The van der Waals surface area contributed by atoms with Crippen LogP contribution in [-0.2, 0) is 4.74 Å². The molecule has 1 N–H and O–H groups in total. The number of nitrogens with zero attached hydrogens (tertiary/aromatic N) is 2. The summed E-state index contributed by atoms with van der Waals surface area (Å²) in [6, 6.07) is 13.4. The van der Waals surface area contributed by atoms with Crippen molar-refractivity contribution >= 4 is 38.3 Å². The smallest absolute Gasteiger partial charge is 0.257 e. The fourth-order valence-corrected chi connectivity index (χ4v) is 4.00. The number of carbonyl (C=O) groups excluding carboxylic acids is 1. The van der Waals surface area contributed by atoms with E-state index in [-0.39, 0.29) is 5.91 Å². The number of ether oxygens (including phenoxy) is 2. The van der Waals surface area contributed by atoms with Crippen molar-refractivity contribution in [3.63, 3.8) is 0 Å². The topological polar surface area (TPSA) is 63.7 Å². The number of anilines is 2. The molecule has 0 saturated carbocycles. The lowest BCUT2D eigenvalue weighted by molar-refractivity contribution is 0.102. The molecule has 0 radical (unpaired) electrons. The Bertz CT molecular complexity index is 966. The molecule has 4 rings (SSSR count). The Balaban J connectivity index is 1.49. The highest BCUT2D eigenvalue weighted by Gasteiger charge is 2.14. The van der Waals surface area contributed by atoms with Gasteiger partial charge in [-0.1, -0.05) is 24.3 Å². The highest BCUT2D eigenvalue weighted by molar-refractivity contribution is 7.22. The Kier molecular flexibility index (Phi) is 5.73. The molecule has 1 aromatic heterocycles. The minimum atomic E-state index is -0.186. The molecule has 1 saturated heterocycles. The van der Waals surface area contributed by atoms with Gasteiger partial charge >= 0.3 is 0 Å². The van der Waals surface area contributed by atoms with Crippen LogP contribution in [0.25, 0.3) is 10.2 Å². The molecular weight excluding hydrogens is 374 g/mol. The minimum Gasteiger partial charge on any atom is -0.494 e. The van der Waals surface area contributed by atoms with Crippen LogP contribution in [0.3, 0.4) is 0 Å². The van der Waals surface area contributed by atoms with Gasteiger partial charge in [0.05, 0.1) is 30.0 Å². The van der Waals surface area contributed by atoms with E-state index >= 15 is 0 Å². The normalized spacial score (nSPS) is 14.2. The molecule has 1 fully saturated rings.